The molecular weight excluding hydrogens is 321 g/mol. The molecule has 0 spiro atoms. The first-order valence-corrected chi connectivity index (χ1v) is 7.65. The molecule has 5 nitrogen and oxygen atoms in total. The van der Waals surface area contributed by atoms with Gasteiger partial charge in [0.25, 0.3) is 5.91 Å². The number of hydrogen-bond acceptors (Lipinski definition) is 4. The summed E-state index contributed by atoms with van der Waals surface area (Å²) in [5, 5.41) is 2.81. The molecule has 126 valence electrons. The lowest BCUT2D eigenvalue weighted by Crippen LogP contribution is -2.23. The van der Waals surface area contributed by atoms with Crippen LogP contribution in [0, 0.1) is 5.82 Å². The van der Waals surface area contributed by atoms with Gasteiger partial charge in [-0.3, -0.25) is 4.79 Å². The van der Waals surface area contributed by atoms with Gasteiger partial charge in [-0.25, -0.2) is 14.4 Å². The summed E-state index contributed by atoms with van der Waals surface area (Å²) in [4.78, 5) is 20.6. The van der Waals surface area contributed by atoms with Crippen molar-refractivity contribution in [2.24, 2.45) is 0 Å². The normalized spacial score (nSPS) is 10.3. The fourth-order valence-electron chi connectivity index (χ4n) is 2.31. The van der Waals surface area contributed by atoms with E-state index in [2.05, 4.69) is 15.3 Å². The number of nitrogens with zero attached hydrogens (tertiary/aromatic N) is 2. The first-order valence-electron chi connectivity index (χ1n) is 7.65. The fourth-order valence-corrected chi connectivity index (χ4v) is 2.31. The predicted molar refractivity (Wildman–Crippen MR) is 91.6 cm³/mol. The Balaban J connectivity index is 1.70. The van der Waals surface area contributed by atoms with E-state index in [-0.39, 0.29) is 18.3 Å². The van der Waals surface area contributed by atoms with E-state index in [1.165, 1.54) is 18.5 Å². The molecule has 0 bridgehead atoms. The fraction of sp³-hybridized carbons (Fsp3) is 0.105. The van der Waals surface area contributed by atoms with Crippen molar-refractivity contribution in [3.63, 3.8) is 0 Å². The second-order valence-electron chi connectivity index (χ2n) is 5.32. The van der Waals surface area contributed by atoms with Gasteiger partial charge in [0.2, 0.25) is 0 Å². The molecule has 3 aromatic rings. The minimum absolute atomic E-state index is 0.221. The second-order valence-corrected chi connectivity index (χ2v) is 5.32. The van der Waals surface area contributed by atoms with Gasteiger partial charge in [0.05, 0.1) is 25.0 Å². The number of rotatable bonds is 5. The van der Waals surface area contributed by atoms with Gasteiger partial charge in [-0.1, -0.05) is 6.07 Å². The number of hydrogen-bond donors (Lipinski definition) is 1. The van der Waals surface area contributed by atoms with E-state index in [0.29, 0.717) is 22.7 Å². The maximum atomic E-state index is 13.0. The molecule has 0 aliphatic carbocycles. The first-order chi connectivity index (χ1) is 12.2. The lowest BCUT2D eigenvalue weighted by atomic mass is 10.1. The maximum Gasteiger partial charge on any atom is 0.251 e. The van der Waals surface area contributed by atoms with Gasteiger partial charge in [-0.05, 0) is 48.5 Å². The molecule has 2 aromatic carbocycles. The summed E-state index contributed by atoms with van der Waals surface area (Å²) in [5.74, 6) is 0.0951. The molecule has 0 fully saturated rings. The van der Waals surface area contributed by atoms with E-state index in [1.54, 1.807) is 49.6 Å². The summed E-state index contributed by atoms with van der Waals surface area (Å²) in [6.07, 6.45) is 1.42. The van der Waals surface area contributed by atoms with Crippen LogP contribution in [0.25, 0.3) is 11.3 Å². The highest BCUT2D eigenvalue weighted by Gasteiger charge is 2.08. The van der Waals surface area contributed by atoms with Gasteiger partial charge in [0.1, 0.15) is 17.9 Å². The average molecular weight is 337 g/mol. The van der Waals surface area contributed by atoms with Crippen LogP contribution in [0.5, 0.6) is 5.75 Å². The maximum absolute atomic E-state index is 13.0. The van der Waals surface area contributed by atoms with Crippen molar-refractivity contribution in [1.82, 2.24) is 15.3 Å². The molecule has 1 aromatic heterocycles. The lowest BCUT2D eigenvalue weighted by molar-refractivity contribution is 0.0950. The minimum Gasteiger partial charge on any atom is -0.497 e. The highest BCUT2D eigenvalue weighted by molar-refractivity contribution is 5.94. The molecule has 0 aliphatic rings. The summed E-state index contributed by atoms with van der Waals surface area (Å²) in [7, 11) is 1.55. The number of halogens is 1. The SMILES string of the molecule is COc1cccc(C(=O)NCc2cc(-c3ccc(F)cc3)ncn2)c1. The van der Waals surface area contributed by atoms with E-state index in [4.69, 9.17) is 4.74 Å². The van der Waals surface area contributed by atoms with Crippen LogP contribution in [0.1, 0.15) is 16.1 Å². The highest BCUT2D eigenvalue weighted by atomic mass is 19.1. The third-order valence-corrected chi connectivity index (χ3v) is 3.63. The molecule has 0 aliphatic heterocycles. The molecule has 1 N–H and O–H groups in total. The molecule has 1 amide bonds. The monoisotopic (exact) mass is 337 g/mol. The van der Waals surface area contributed by atoms with Crippen LogP contribution in [0.2, 0.25) is 0 Å². The summed E-state index contributed by atoms with van der Waals surface area (Å²) in [6, 6.07) is 14.7. The summed E-state index contributed by atoms with van der Waals surface area (Å²) < 4.78 is 18.1. The smallest absolute Gasteiger partial charge is 0.251 e. The molecule has 0 atom stereocenters. The number of aromatic nitrogens is 2. The number of methoxy groups -OCH3 is 1. The van der Waals surface area contributed by atoms with Crippen molar-refractivity contribution in [3.05, 3.63) is 78.0 Å². The number of carbonyl (C=O) groups excluding carboxylic acids is 1. The van der Waals surface area contributed by atoms with Crippen LogP contribution in [0.4, 0.5) is 4.39 Å². The van der Waals surface area contributed by atoms with Crippen molar-refractivity contribution in [1.29, 1.82) is 0 Å². The van der Waals surface area contributed by atoms with E-state index in [0.717, 1.165) is 5.56 Å². The summed E-state index contributed by atoms with van der Waals surface area (Å²) in [6.45, 7) is 0.257. The minimum atomic E-state index is -0.302. The van der Waals surface area contributed by atoms with E-state index in [1.807, 2.05) is 0 Å². The second kappa shape index (κ2) is 7.53. The van der Waals surface area contributed by atoms with Crippen molar-refractivity contribution in [2.45, 2.75) is 6.54 Å². The van der Waals surface area contributed by atoms with Crippen molar-refractivity contribution in [2.75, 3.05) is 7.11 Å². The quantitative estimate of drug-likeness (QED) is 0.776. The Hall–Kier alpha value is -3.28. The van der Waals surface area contributed by atoms with Crippen LogP contribution >= 0.6 is 0 Å². The number of amides is 1. The van der Waals surface area contributed by atoms with E-state index in [9.17, 15) is 9.18 Å². The van der Waals surface area contributed by atoms with Crippen LogP contribution in [0.3, 0.4) is 0 Å². The zero-order valence-corrected chi connectivity index (χ0v) is 13.6. The summed E-state index contributed by atoms with van der Waals surface area (Å²) >= 11 is 0. The van der Waals surface area contributed by atoms with Crippen LogP contribution in [-0.2, 0) is 6.54 Å². The van der Waals surface area contributed by atoms with Gasteiger partial charge < -0.3 is 10.1 Å². The lowest BCUT2D eigenvalue weighted by Gasteiger charge is -2.07. The molecular formula is C19H16FN3O2. The van der Waals surface area contributed by atoms with Crippen LogP contribution < -0.4 is 10.1 Å². The molecule has 1 heterocycles. The Morgan fingerprint density at radius 2 is 1.92 bits per heavy atom. The van der Waals surface area contributed by atoms with E-state index >= 15 is 0 Å². The molecule has 0 radical (unpaired) electrons. The topological polar surface area (TPSA) is 64.1 Å². The molecule has 6 heteroatoms. The molecule has 3 rings (SSSR count). The number of ether oxygens (including phenoxy) is 1. The van der Waals surface area contributed by atoms with Crippen molar-refractivity contribution >= 4 is 5.91 Å². The molecule has 0 unspecified atom stereocenters. The Kier molecular flexibility index (Phi) is 4.99. The Morgan fingerprint density at radius 1 is 1.12 bits per heavy atom. The Bertz CT molecular complexity index is 882. The Labute approximate surface area is 144 Å². The van der Waals surface area contributed by atoms with Gasteiger partial charge in [0, 0.05) is 11.1 Å². The van der Waals surface area contributed by atoms with Gasteiger partial charge in [0.15, 0.2) is 0 Å². The van der Waals surface area contributed by atoms with Crippen molar-refractivity contribution in [3.8, 4) is 17.0 Å². The third-order valence-electron chi connectivity index (χ3n) is 3.63. The van der Waals surface area contributed by atoms with Gasteiger partial charge >= 0.3 is 0 Å². The van der Waals surface area contributed by atoms with Crippen LogP contribution in [-0.4, -0.2) is 23.0 Å². The number of nitrogens with one attached hydrogen (secondary N) is 1. The average Bonchev–Trinajstić information content (AvgIpc) is 2.67. The largest absolute Gasteiger partial charge is 0.497 e. The first kappa shape index (κ1) is 16.6. The van der Waals surface area contributed by atoms with Crippen molar-refractivity contribution < 1.29 is 13.9 Å². The molecule has 0 saturated carbocycles. The zero-order chi connectivity index (χ0) is 17.6. The molecule has 0 saturated heterocycles. The standard InChI is InChI=1S/C19H16FN3O2/c1-25-17-4-2-3-14(9-17)19(24)21-11-16-10-18(23-12-22-16)13-5-7-15(20)8-6-13/h2-10,12H,11H2,1H3,(H,21,24). The number of carbonyl (C=O) groups is 1. The highest BCUT2D eigenvalue weighted by Crippen LogP contribution is 2.17. The van der Waals surface area contributed by atoms with E-state index < -0.39 is 0 Å². The predicted octanol–water partition coefficient (Wildman–Crippen LogP) is 3.22. The van der Waals surface area contributed by atoms with Gasteiger partial charge in [-0.2, -0.15) is 0 Å². The number of benzene rings is 2. The summed E-state index contributed by atoms with van der Waals surface area (Å²) in [5.41, 5.74) is 2.61. The van der Waals surface area contributed by atoms with Gasteiger partial charge in [-0.15, -0.1) is 0 Å². The Morgan fingerprint density at radius 3 is 2.68 bits per heavy atom. The van der Waals surface area contributed by atoms with Crippen LogP contribution in [0.15, 0.2) is 60.9 Å². The zero-order valence-electron chi connectivity index (χ0n) is 13.6. The molecule has 25 heavy (non-hydrogen) atoms. The third kappa shape index (κ3) is 4.17.